The number of nitrogens with zero attached hydrogens (tertiary/aromatic N) is 4. The maximum atomic E-state index is 12.9. The molecule has 7 nitrogen and oxygen atoms in total. The van der Waals surface area contributed by atoms with Crippen LogP contribution in [0, 0.1) is 0 Å². The van der Waals surface area contributed by atoms with Gasteiger partial charge in [-0.25, -0.2) is 9.78 Å². The Kier molecular flexibility index (Phi) is 6.04. The molecule has 2 heterocycles. The zero-order chi connectivity index (χ0) is 21.9. The minimum absolute atomic E-state index is 0.336. The fraction of sp³-hybridized carbons (Fsp3) is 0.450. The lowest BCUT2D eigenvalue weighted by molar-refractivity contribution is -0.141. The van der Waals surface area contributed by atoms with Gasteiger partial charge in [-0.2, -0.15) is 18.2 Å². The van der Waals surface area contributed by atoms with Crippen molar-refractivity contribution in [3.05, 3.63) is 42.2 Å². The molecule has 0 radical (unpaired) electrons. The van der Waals surface area contributed by atoms with Gasteiger partial charge in [0.05, 0.1) is 5.69 Å². The van der Waals surface area contributed by atoms with Crippen molar-refractivity contribution < 1.29 is 27.4 Å². The van der Waals surface area contributed by atoms with Crippen LogP contribution in [0.4, 0.5) is 23.7 Å². The van der Waals surface area contributed by atoms with Crippen molar-refractivity contribution in [2.45, 2.75) is 32.5 Å². The second-order valence-corrected chi connectivity index (χ2v) is 7.75. The Hall–Kier alpha value is -3.04. The molecule has 0 saturated carbocycles. The van der Waals surface area contributed by atoms with Gasteiger partial charge in [0.15, 0.2) is 11.4 Å². The number of rotatable bonds is 3. The van der Waals surface area contributed by atoms with Crippen LogP contribution in [0.1, 0.15) is 26.5 Å². The number of carbonyl (C=O) groups excluding carboxylic acids is 1. The van der Waals surface area contributed by atoms with Crippen LogP contribution < -0.4 is 9.64 Å². The topological polar surface area (TPSA) is 67.8 Å². The molecule has 1 saturated heterocycles. The molecule has 0 bridgehead atoms. The number of aromatic nitrogens is 2. The lowest BCUT2D eigenvalue weighted by atomic mass is 10.2. The SMILES string of the molecule is CC(C)(C)OC(=O)N1CCN(c2ccccc2Oc2nccc(C(F)(F)F)n2)CC1. The fourth-order valence-corrected chi connectivity index (χ4v) is 2.91. The summed E-state index contributed by atoms with van der Waals surface area (Å²) >= 11 is 0. The molecule has 1 amide bonds. The van der Waals surface area contributed by atoms with Crippen LogP contribution in [0.3, 0.4) is 0 Å². The highest BCUT2D eigenvalue weighted by Gasteiger charge is 2.33. The smallest absolute Gasteiger partial charge is 0.433 e. The van der Waals surface area contributed by atoms with Gasteiger partial charge in [0.2, 0.25) is 0 Å². The number of carbonyl (C=O) groups is 1. The van der Waals surface area contributed by atoms with E-state index in [1.807, 2.05) is 25.7 Å². The summed E-state index contributed by atoms with van der Waals surface area (Å²) in [6.45, 7) is 7.36. The Bertz CT molecular complexity index is 891. The molecule has 162 valence electrons. The van der Waals surface area contributed by atoms with Gasteiger partial charge in [0.1, 0.15) is 5.60 Å². The second-order valence-electron chi connectivity index (χ2n) is 7.75. The lowest BCUT2D eigenvalue weighted by Crippen LogP contribution is -2.50. The zero-order valence-electron chi connectivity index (χ0n) is 16.9. The minimum Gasteiger partial charge on any atom is -0.444 e. The largest absolute Gasteiger partial charge is 0.444 e. The van der Waals surface area contributed by atoms with Gasteiger partial charge in [0, 0.05) is 32.4 Å². The van der Waals surface area contributed by atoms with E-state index in [4.69, 9.17) is 9.47 Å². The maximum Gasteiger partial charge on any atom is 0.433 e. The number of anilines is 1. The summed E-state index contributed by atoms with van der Waals surface area (Å²) < 4.78 is 49.6. The third-order valence-corrected chi connectivity index (χ3v) is 4.26. The van der Waals surface area contributed by atoms with E-state index in [1.165, 1.54) is 0 Å². The Morgan fingerprint density at radius 1 is 1.03 bits per heavy atom. The molecule has 0 N–H and O–H groups in total. The molecular weight excluding hydrogens is 401 g/mol. The number of piperazine rings is 1. The highest BCUT2D eigenvalue weighted by atomic mass is 19.4. The monoisotopic (exact) mass is 424 g/mol. The first kappa shape index (κ1) is 21.7. The van der Waals surface area contributed by atoms with Gasteiger partial charge in [-0.1, -0.05) is 12.1 Å². The normalized spacial score (nSPS) is 15.1. The molecule has 1 aromatic carbocycles. The van der Waals surface area contributed by atoms with Crippen molar-refractivity contribution in [2.75, 3.05) is 31.1 Å². The van der Waals surface area contributed by atoms with E-state index in [-0.39, 0.29) is 12.1 Å². The van der Waals surface area contributed by atoms with Crippen LogP contribution >= 0.6 is 0 Å². The summed E-state index contributed by atoms with van der Waals surface area (Å²) in [4.78, 5) is 23.1. The Morgan fingerprint density at radius 3 is 2.33 bits per heavy atom. The summed E-state index contributed by atoms with van der Waals surface area (Å²) in [5, 5.41) is 0. The molecule has 0 spiro atoms. The molecule has 3 rings (SSSR count). The Balaban J connectivity index is 1.70. The molecule has 1 aromatic heterocycles. The van der Waals surface area contributed by atoms with Crippen LogP contribution in [0.15, 0.2) is 36.5 Å². The molecule has 2 aromatic rings. The fourth-order valence-electron chi connectivity index (χ4n) is 2.91. The van der Waals surface area contributed by atoms with Crippen molar-refractivity contribution in [2.24, 2.45) is 0 Å². The third kappa shape index (κ3) is 5.52. The molecular formula is C20H23F3N4O3. The molecule has 1 aliphatic rings. The number of halogens is 3. The van der Waals surface area contributed by atoms with Gasteiger partial charge in [-0.05, 0) is 39.0 Å². The zero-order valence-corrected chi connectivity index (χ0v) is 16.9. The molecule has 0 unspecified atom stereocenters. The molecule has 30 heavy (non-hydrogen) atoms. The quantitative estimate of drug-likeness (QED) is 0.730. The first-order valence-corrected chi connectivity index (χ1v) is 9.43. The molecule has 1 fully saturated rings. The highest BCUT2D eigenvalue weighted by Crippen LogP contribution is 2.33. The minimum atomic E-state index is -4.58. The summed E-state index contributed by atoms with van der Waals surface area (Å²) in [6.07, 6.45) is -3.95. The van der Waals surface area contributed by atoms with Gasteiger partial charge in [0.25, 0.3) is 0 Å². The number of hydrogen-bond donors (Lipinski definition) is 0. The van der Waals surface area contributed by atoms with E-state index in [1.54, 1.807) is 29.2 Å². The average Bonchev–Trinajstić information content (AvgIpc) is 2.67. The third-order valence-electron chi connectivity index (χ3n) is 4.26. The average molecular weight is 424 g/mol. The summed E-state index contributed by atoms with van der Waals surface area (Å²) in [5.74, 6) is 0.336. The van der Waals surface area contributed by atoms with E-state index < -0.39 is 17.5 Å². The molecule has 0 atom stereocenters. The molecule has 1 aliphatic heterocycles. The standard InChI is InChI=1S/C20H23F3N4O3/c1-19(2,3)30-18(28)27-12-10-26(11-13-27)14-6-4-5-7-15(14)29-17-24-9-8-16(25-17)20(21,22)23/h4-9H,10-13H2,1-3H3. The second kappa shape index (κ2) is 8.37. The number of ether oxygens (including phenoxy) is 2. The first-order valence-electron chi connectivity index (χ1n) is 9.43. The van der Waals surface area contributed by atoms with Crippen LogP contribution in [-0.4, -0.2) is 52.7 Å². The van der Waals surface area contributed by atoms with E-state index in [0.29, 0.717) is 37.6 Å². The van der Waals surface area contributed by atoms with Crippen molar-refractivity contribution in [1.29, 1.82) is 0 Å². The predicted molar refractivity (Wildman–Crippen MR) is 104 cm³/mol. The van der Waals surface area contributed by atoms with Gasteiger partial charge >= 0.3 is 18.3 Å². The number of benzene rings is 1. The predicted octanol–water partition coefficient (Wildman–Crippen LogP) is 4.34. The Labute approximate surface area is 172 Å². The highest BCUT2D eigenvalue weighted by molar-refractivity contribution is 5.69. The van der Waals surface area contributed by atoms with Crippen molar-refractivity contribution in [1.82, 2.24) is 14.9 Å². The number of para-hydroxylation sites is 2. The van der Waals surface area contributed by atoms with E-state index >= 15 is 0 Å². The van der Waals surface area contributed by atoms with Crippen LogP contribution in [0.25, 0.3) is 0 Å². The van der Waals surface area contributed by atoms with E-state index in [0.717, 1.165) is 12.3 Å². The van der Waals surface area contributed by atoms with Crippen molar-refractivity contribution in [3.63, 3.8) is 0 Å². The summed E-state index contributed by atoms with van der Waals surface area (Å²) in [7, 11) is 0. The van der Waals surface area contributed by atoms with Crippen molar-refractivity contribution >= 4 is 11.8 Å². The van der Waals surface area contributed by atoms with Gasteiger partial charge in [-0.3, -0.25) is 0 Å². The van der Waals surface area contributed by atoms with Crippen molar-refractivity contribution in [3.8, 4) is 11.8 Å². The van der Waals surface area contributed by atoms with Crippen LogP contribution in [0.2, 0.25) is 0 Å². The number of amides is 1. The number of alkyl halides is 3. The van der Waals surface area contributed by atoms with Crippen LogP contribution in [0.5, 0.6) is 11.8 Å². The summed E-state index contributed by atoms with van der Waals surface area (Å²) in [6, 6.07) is 7.35. The summed E-state index contributed by atoms with van der Waals surface area (Å²) in [5.41, 5.74) is -0.960. The van der Waals surface area contributed by atoms with E-state index in [2.05, 4.69) is 9.97 Å². The number of hydrogen-bond acceptors (Lipinski definition) is 6. The maximum absolute atomic E-state index is 12.9. The molecule has 10 heteroatoms. The van der Waals surface area contributed by atoms with Gasteiger partial charge < -0.3 is 19.3 Å². The lowest BCUT2D eigenvalue weighted by Gasteiger charge is -2.37. The molecule has 0 aliphatic carbocycles. The Morgan fingerprint density at radius 2 is 1.70 bits per heavy atom. The van der Waals surface area contributed by atoms with Crippen LogP contribution in [-0.2, 0) is 10.9 Å². The van der Waals surface area contributed by atoms with E-state index in [9.17, 15) is 18.0 Å². The first-order chi connectivity index (χ1) is 14.0. The van der Waals surface area contributed by atoms with Gasteiger partial charge in [-0.15, -0.1) is 0 Å².